The van der Waals surface area contributed by atoms with E-state index in [1.807, 2.05) is 66.1 Å². The summed E-state index contributed by atoms with van der Waals surface area (Å²) in [6.45, 7) is 0.698. The summed E-state index contributed by atoms with van der Waals surface area (Å²) < 4.78 is 0. The highest BCUT2D eigenvalue weighted by atomic mass is 16.2. The molecule has 0 heterocycles. The standard InChI is InChI=1S/C16H17N3O2/c17-18-15(20)16(21)19(11-13-7-3-1-4-8-13)12-14-9-5-2-6-10-14/h1-10H,11-12,17H2,(H,18,20). The third-order valence-electron chi connectivity index (χ3n) is 3.05. The van der Waals surface area contributed by atoms with Gasteiger partial charge in [0.25, 0.3) is 0 Å². The molecule has 0 aromatic heterocycles. The molecule has 5 heteroatoms. The zero-order valence-corrected chi connectivity index (χ0v) is 11.5. The molecule has 0 atom stereocenters. The van der Waals surface area contributed by atoms with Gasteiger partial charge in [-0.05, 0) is 11.1 Å². The van der Waals surface area contributed by atoms with Crippen molar-refractivity contribution in [2.45, 2.75) is 13.1 Å². The van der Waals surface area contributed by atoms with Gasteiger partial charge in [0.1, 0.15) is 0 Å². The van der Waals surface area contributed by atoms with Crippen molar-refractivity contribution in [2.75, 3.05) is 0 Å². The highest BCUT2D eigenvalue weighted by Gasteiger charge is 2.21. The summed E-state index contributed by atoms with van der Waals surface area (Å²) in [5.74, 6) is 3.58. The van der Waals surface area contributed by atoms with E-state index < -0.39 is 11.8 Å². The van der Waals surface area contributed by atoms with Crippen LogP contribution in [0, 0.1) is 0 Å². The monoisotopic (exact) mass is 283 g/mol. The predicted molar refractivity (Wildman–Crippen MR) is 79.5 cm³/mol. The lowest BCUT2D eigenvalue weighted by atomic mass is 10.1. The van der Waals surface area contributed by atoms with Crippen molar-refractivity contribution in [1.82, 2.24) is 10.3 Å². The number of hydrogen-bond donors (Lipinski definition) is 2. The molecular formula is C16H17N3O2. The van der Waals surface area contributed by atoms with Gasteiger partial charge in [-0.15, -0.1) is 0 Å². The first-order chi connectivity index (χ1) is 10.2. The maximum Gasteiger partial charge on any atom is 0.323 e. The first-order valence-corrected chi connectivity index (χ1v) is 6.58. The molecule has 0 aliphatic rings. The minimum atomic E-state index is -0.818. The first-order valence-electron chi connectivity index (χ1n) is 6.58. The Morgan fingerprint density at radius 1 is 0.857 bits per heavy atom. The van der Waals surface area contributed by atoms with Gasteiger partial charge in [-0.2, -0.15) is 0 Å². The number of nitrogens with one attached hydrogen (secondary N) is 1. The average Bonchev–Trinajstić information content (AvgIpc) is 2.54. The average molecular weight is 283 g/mol. The third kappa shape index (κ3) is 4.15. The van der Waals surface area contributed by atoms with Crippen molar-refractivity contribution >= 4 is 11.8 Å². The van der Waals surface area contributed by atoms with E-state index in [-0.39, 0.29) is 0 Å². The number of carbonyl (C=O) groups is 2. The van der Waals surface area contributed by atoms with Crippen LogP contribution >= 0.6 is 0 Å². The number of nitrogens with zero attached hydrogens (tertiary/aromatic N) is 1. The van der Waals surface area contributed by atoms with Gasteiger partial charge in [-0.25, -0.2) is 5.84 Å². The van der Waals surface area contributed by atoms with Crippen molar-refractivity contribution in [3.63, 3.8) is 0 Å². The highest BCUT2D eigenvalue weighted by molar-refractivity contribution is 6.34. The van der Waals surface area contributed by atoms with E-state index in [1.165, 1.54) is 4.90 Å². The Bertz CT molecular complexity index is 558. The van der Waals surface area contributed by atoms with Crippen LogP contribution in [0.15, 0.2) is 60.7 Å². The topological polar surface area (TPSA) is 75.4 Å². The molecule has 0 bridgehead atoms. The van der Waals surface area contributed by atoms with Gasteiger partial charge in [0.2, 0.25) is 0 Å². The van der Waals surface area contributed by atoms with Crippen molar-refractivity contribution in [3.05, 3.63) is 71.8 Å². The summed E-state index contributed by atoms with van der Waals surface area (Å²) in [4.78, 5) is 25.1. The normalized spacial score (nSPS) is 9.95. The van der Waals surface area contributed by atoms with Crippen molar-refractivity contribution < 1.29 is 9.59 Å². The Labute approximate surface area is 123 Å². The third-order valence-corrected chi connectivity index (χ3v) is 3.05. The van der Waals surface area contributed by atoms with E-state index in [4.69, 9.17) is 5.84 Å². The van der Waals surface area contributed by atoms with Gasteiger partial charge in [0.05, 0.1) is 0 Å². The van der Waals surface area contributed by atoms with Crippen LogP contribution in [0.4, 0.5) is 0 Å². The molecular weight excluding hydrogens is 266 g/mol. The number of carbonyl (C=O) groups excluding carboxylic acids is 2. The molecule has 0 unspecified atom stereocenters. The smallest absolute Gasteiger partial charge is 0.323 e. The van der Waals surface area contributed by atoms with Crippen molar-refractivity contribution in [1.29, 1.82) is 0 Å². The summed E-state index contributed by atoms with van der Waals surface area (Å²) in [6.07, 6.45) is 0. The van der Waals surface area contributed by atoms with Crippen LogP contribution in [0.3, 0.4) is 0 Å². The summed E-state index contributed by atoms with van der Waals surface area (Å²) in [5.41, 5.74) is 3.79. The maximum atomic E-state index is 12.1. The van der Waals surface area contributed by atoms with Crippen LogP contribution in [0.5, 0.6) is 0 Å². The lowest BCUT2D eigenvalue weighted by Gasteiger charge is -2.22. The maximum absolute atomic E-state index is 12.1. The van der Waals surface area contributed by atoms with Gasteiger partial charge in [0, 0.05) is 13.1 Å². The van der Waals surface area contributed by atoms with E-state index in [2.05, 4.69) is 0 Å². The predicted octanol–water partition coefficient (Wildman–Crippen LogP) is 1.21. The molecule has 2 amide bonds. The number of hydrazine groups is 1. The second-order valence-corrected chi connectivity index (χ2v) is 4.61. The van der Waals surface area contributed by atoms with Crippen LogP contribution in [0.1, 0.15) is 11.1 Å². The molecule has 108 valence electrons. The number of benzene rings is 2. The summed E-state index contributed by atoms with van der Waals surface area (Å²) >= 11 is 0. The molecule has 5 nitrogen and oxygen atoms in total. The molecule has 0 radical (unpaired) electrons. The zero-order valence-electron chi connectivity index (χ0n) is 11.5. The Kier molecular flexibility index (Phi) is 5.06. The molecule has 21 heavy (non-hydrogen) atoms. The van der Waals surface area contributed by atoms with E-state index in [0.717, 1.165) is 11.1 Å². The summed E-state index contributed by atoms with van der Waals surface area (Å²) in [5, 5.41) is 0. The van der Waals surface area contributed by atoms with Crippen LogP contribution < -0.4 is 11.3 Å². The van der Waals surface area contributed by atoms with Gasteiger partial charge < -0.3 is 4.90 Å². The minimum Gasteiger partial charge on any atom is -0.326 e. The molecule has 0 saturated heterocycles. The second-order valence-electron chi connectivity index (χ2n) is 4.61. The van der Waals surface area contributed by atoms with Crippen molar-refractivity contribution in [2.24, 2.45) is 5.84 Å². The summed E-state index contributed by atoms with van der Waals surface area (Å²) in [6, 6.07) is 19.0. The fourth-order valence-corrected chi connectivity index (χ4v) is 2.01. The van der Waals surface area contributed by atoms with Gasteiger partial charge in [0.15, 0.2) is 0 Å². The number of nitrogens with two attached hydrogens (primary N) is 1. The molecule has 0 saturated carbocycles. The quantitative estimate of drug-likeness (QED) is 0.383. The largest absolute Gasteiger partial charge is 0.326 e. The van der Waals surface area contributed by atoms with E-state index in [1.54, 1.807) is 0 Å². The number of rotatable bonds is 4. The lowest BCUT2D eigenvalue weighted by molar-refractivity contribution is -0.146. The Hall–Kier alpha value is -2.66. The number of hydrogen-bond acceptors (Lipinski definition) is 3. The fourth-order valence-electron chi connectivity index (χ4n) is 2.01. The van der Waals surface area contributed by atoms with E-state index in [0.29, 0.717) is 13.1 Å². The molecule has 0 fully saturated rings. The molecule has 0 spiro atoms. The second kappa shape index (κ2) is 7.21. The number of amides is 2. The van der Waals surface area contributed by atoms with E-state index in [9.17, 15) is 9.59 Å². The minimum absolute atomic E-state index is 0.349. The Morgan fingerprint density at radius 3 is 1.67 bits per heavy atom. The fraction of sp³-hybridized carbons (Fsp3) is 0.125. The van der Waals surface area contributed by atoms with E-state index >= 15 is 0 Å². The molecule has 2 aromatic carbocycles. The van der Waals surface area contributed by atoms with Crippen LogP contribution in [0.25, 0.3) is 0 Å². The zero-order chi connectivity index (χ0) is 15.1. The van der Waals surface area contributed by atoms with Gasteiger partial charge in [-0.1, -0.05) is 60.7 Å². The Balaban J connectivity index is 2.18. The Morgan fingerprint density at radius 2 is 1.29 bits per heavy atom. The lowest BCUT2D eigenvalue weighted by Crippen LogP contribution is -2.44. The molecule has 2 rings (SSSR count). The van der Waals surface area contributed by atoms with Crippen LogP contribution in [-0.2, 0) is 22.7 Å². The van der Waals surface area contributed by atoms with Gasteiger partial charge in [-0.3, -0.25) is 15.0 Å². The molecule has 0 aliphatic heterocycles. The highest BCUT2D eigenvalue weighted by Crippen LogP contribution is 2.10. The molecule has 0 aliphatic carbocycles. The van der Waals surface area contributed by atoms with Crippen LogP contribution in [0.2, 0.25) is 0 Å². The summed E-state index contributed by atoms with van der Waals surface area (Å²) in [7, 11) is 0. The molecule has 3 N–H and O–H groups in total. The first kappa shape index (κ1) is 14.7. The van der Waals surface area contributed by atoms with Gasteiger partial charge >= 0.3 is 11.8 Å². The van der Waals surface area contributed by atoms with Crippen molar-refractivity contribution in [3.8, 4) is 0 Å². The molecule has 2 aromatic rings. The SMILES string of the molecule is NNC(=O)C(=O)N(Cc1ccccc1)Cc1ccccc1. The van der Waals surface area contributed by atoms with Crippen LogP contribution in [-0.4, -0.2) is 16.7 Å².